The number of carbonyl (C=O) groups is 1. The molecule has 0 spiro atoms. The molecule has 0 aromatic carbocycles. The fourth-order valence-corrected chi connectivity index (χ4v) is 1.50. The molecule has 8 heteroatoms. The fraction of sp³-hybridized carbons (Fsp3) is 0.400. The number of hydrogen-bond donors (Lipinski definition) is 3. The van der Waals surface area contributed by atoms with Crippen molar-refractivity contribution in [2.75, 3.05) is 5.73 Å². The summed E-state index contributed by atoms with van der Waals surface area (Å²) in [4.78, 5) is 15.5. The van der Waals surface area contributed by atoms with Crippen LogP contribution < -0.4 is 11.1 Å². The van der Waals surface area contributed by atoms with Gasteiger partial charge in [-0.05, 0) is 19.4 Å². The molecule has 1 amide bonds. The number of H-pyrrole nitrogens is 1. The molecule has 18 heavy (non-hydrogen) atoms. The van der Waals surface area contributed by atoms with Crippen LogP contribution in [0.25, 0.3) is 0 Å². The van der Waals surface area contributed by atoms with Gasteiger partial charge in [0.2, 0.25) is 11.8 Å². The van der Waals surface area contributed by atoms with E-state index < -0.39 is 0 Å². The summed E-state index contributed by atoms with van der Waals surface area (Å²) in [5.41, 5.74) is 5.32. The van der Waals surface area contributed by atoms with Gasteiger partial charge in [0.1, 0.15) is 0 Å². The maximum Gasteiger partial charge on any atom is 0.288 e. The second-order valence-corrected chi connectivity index (χ2v) is 3.97. The van der Waals surface area contributed by atoms with Crippen LogP contribution in [0.1, 0.15) is 24.0 Å². The molecule has 0 unspecified atom stereocenters. The Hall–Kier alpha value is -2.38. The lowest BCUT2D eigenvalue weighted by atomic mass is 10.2. The summed E-state index contributed by atoms with van der Waals surface area (Å²) in [6.45, 7) is 2.66. The number of aromatic nitrogens is 5. The lowest BCUT2D eigenvalue weighted by Crippen LogP contribution is -2.34. The van der Waals surface area contributed by atoms with Crippen LogP contribution in [0, 0.1) is 0 Å². The van der Waals surface area contributed by atoms with Crippen molar-refractivity contribution in [3.8, 4) is 0 Å². The molecular formula is C10H15N7O. The minimum Gasteiger partial charge on any atom is -0.366 e. The molecule has 0 fully saturated rings. The Balaban J connectivity index is 1.80. The SMILES string of the molecule is C[C@H](CCn1cccn1)NC(=O)c1nc(N)n[nH]1. The van der Waals surface area contributed by atoms with Crippen molar-refractivity contribution < 1.29 is 4.79 Å². The zero-order chi connectivity index (χ0) is 13.0. The average Bonchev–Trinajstić information content (AvgIpc) is 2.97. The first kappa shape index (κ1) is 12.1. The van der Waals surface area contributed by atoms with Crippen molar-refractivity contribution in [2.24, 2.45) is 0 Å². The first-order chi connectivity index (χ1) is 8.65. The van der Waals surface area contributed by atoms with Gasteiger partial charge in [-0.1, -0.05) is 0 Å². The number of rotatable bonds is 5. The van der Waals surface area contributed by atoms with Crippen molar-refractivity contribution in [3.05, 3.63) is 24.3 Å². The average molecular weight is 249 g/mol. The number of nitrogens with two attached hydrogens (primary N) is 1. The maximum atomic E-state index is 11.7. The molecule has 0 radical (unpaired) electrons. The highest BCUT2D eigenvalue weighted by atomic mass is 16.2. The van der Waals surface area contributed by atoms with E-state index >= 15 is 0 Å². The molecule has 0 saturated carbocycles. The minimum absolute atomic E-state index is 0.00743. The highest BCUT2D eigenvalue weighted by Gasteiger charge is 2.13. The second kappa shape index (κ2) is 5.30. The van der Waals surface area contributed by atoms with Gasteiger partial charge in [-0.2, -0.15) is 10.1 Å². The normalized spacial score (nSPS) is 12.3. The van der Waals surface area contributed by atoms with Gasteiger partial charge in [-0.3, -0.25) is 14.6 Å². The fourth-order valence-electron chi connectivity index (χ4n) is 1.50. The van der Waals surface area contributed by atoms with Crippen molar-refractivity contribution in [1.82, 2.24) is 30.3 Å². The predicted molar refractivity (Wildman–Crippen MR) is 64.6 cm³/mol. The van der Waals surface area contributed by atoms with Gasteiger partial charge in [0.15, 0.2) is 0 Å². The van der Waals surface area contributed by atoms with Crippen LogP contribution in [-0.4, -0.2) is 36.9 Å². The Morgan fingerprint density at radius 1 is 1.67 bits per heavy atom. The van der Waals surface area contributed by atoms with Crippen molar-refractivity contribution >= 4 is 11.9 Å². The van der Waals surface area contributed by atoms with Crippen molar-refractivity contribution in [2.45, 2.75) is 25.9 Å². The standard InChI is InChI=1S/C10H15N7O/c1-7(3-6-17-5-2-4-12-17)13-9(18)8-14-10(11)16-15-8/h2,4-5,7H,3,6H2,1H3,(H,13,18)(H3,11,14,15,16)/t7-/m1/s1. The number of nitrogen functional groups attached to an aromatic ring is 1. The zero-order valence-electron chi connectivity index (χ0n) is 10.00. The third-order valence-corrected chi connectivity index (χ3v) is 2.45. The van der Waals surface area contributed by atoms with E-state index in [1.807, 2.05) is 23.9 Å². The molecule has 8 nitrogen and oxygen atoms in total. The monoisotopic (exact) mass is 249 g/mol. The van der Waals surface area contributed by atoms with Crippen LogP contribution in [0.2, 0.25) is 0 Å². The third kappa shape index (κ3) is 3.06. The van der Waals surface area contributed by atoms with Crippen LogP contribution >= 0.6 is 0 Å². The number of carbonyl (C=O) groups excluding carboxylic acids is 1. The molecule has 96 valence electrons. The molecule has 0 saturated heterocycles. The van der Waals surface area contributed by atoms with Gasteiger partial charge in [0.05, 0.1) is 0 Å². The summed E-state index contributed by atoms with van der Waals surface area (Å²) >= 11 is 0. The zero-order valence-corrected chi connectivity index (χ0v) is 10.00. The molecule has 0 aliphatic heterocycles. The second-order valence-electron chi connectivity index (χ2n) is 3.97. The Morgan fingerprint density at radius 2 is 2.50 bits per heavy atom. The first-order valence-corrected chi connectivity index (χ1v) is 5.61. The summed E-state index contributed by atoms with van der Waals surface area (Å²) in [6.07, 6.45) is 4.38. The maximum absolute atomic E-state index is 11.7. The minimum atomic E-state index is -0.313. The number of hydrogen-bond acceptors (Lipinski definition) is 5. The summed E-state index contributed by atoms with van der Waals surface area (Å²) in [5.74, 6) is -0.130. The summed E-state index contributed by atoms with van der Waals surface area (Å²) < 4.78 is 1.81. The lowest BCUT2D eigenvalue weighted by Gasteiger charge is -2.12. The van der Waals surface area contributed by atoms with E-state index in [1.54, 1.807) is 6.20 Å². The number of aromatic amines is 1. The van der Waals surface area contributed by atoms with Crippen LogP contribution in [0.5, 0.6) is 0 Å². The molecule has 0 bridgehead atoms. The summed E-state index contributed by atoms with van der Waals surface area (Å²) in [7, 11) is 0. The summed E-state index contributed by atoms with van der Waals surface area (Å²) in [6, 6.07) is 1.87. The van der Waals surface area contributed by atoms with E-state index in [0.29, 0.717) is 0 Å². The van der Waals surface area contributed by atoms with E-state index in [9.17, 15) is 4.79 Å². The number of anilines is 1. The van der Waals surface area contributed by atoms with Gasteiger partial charge in [-0.25, -0.2) is 0 Å². The van der Waals surface area contributed by atoms with Crippen LogP contribution in [0.3, 0.4) is 0 Å². The molecule has 2 rings (SSSR count). The Bertz CT molecular complexity index is 504. The Labute approximate surface area is 104 Å². The van der Waals surface area contributed by atoms with Gasteiger partial charge >= 0.3 is 0 Å². The van der Waals surface area contributed by atoms with E-state index in [1.165, 1.54) is 0 Å². The van der Waals surface area contributed by atoms with Crippen LogP contribution in [0.15, 0.2) is 18.5 Å². The molecule has 2 aromatic rings. The van der Waals surface area contributed by atoms with Crippen molar-refractivity contribution in [1.29, 1.82) is 0 Å². The number of nitrogens with one attached hydrogen (secondary N) is 2. The summed E-state index contributed by atoms with van der Waals surface area (Å²) in [5, 5.41) is 13.0. The molecule has 2 heterocycles. The Kier molecular flexibility index (Phi) is 3.56. The molecule has 0 aliphatic carbocycles. The van der Waals surface area contributed by atoms with E-state index in [4.69, 9.17) is 5.73 Å². The number of aryl methyl sites for hydroxylation is 1. The molecule has 0 aliphatic rings. The molecular weight excluding hydrogens is 234 g/mol. The molecule has 2 aromatic heterocycles. The Morgan fingerprint density at radius 3 is 3.11 bits per heavy atom. The molecule has 4 N–H and O–H groups in total. The highest BCUT2D eigenvalue weighted by Crippen LogP contribution is 1.98. The smallest absolute Gasteiger partial charge is 0.288 e. The third-order valence-electron chi connectivity index (χ3n) is 2.45. The van der Waals surface area contributed by atoms with E-state index in [-0.39, 0.29) is 23.7 Å². The predicted octanol–water partition coefficient (Wildman–Crippen LogP) is -0.208. The van der Waals surface area contributed by atoms with Gasteiger partial charge in [-0.15, -0.1) is 5.10 Å². The topological polar surface area (TPSA) is 115 Å². The van der Waals surface area contributed by atoms with Crippen LogP contribution in [-0.2, 0) is 6.54 Å². The van der Waals surface area contributed by atoms with Crippen molar-refractivity contribution in [3.63, 3.8) is 0 Å². The first-order valence-electron chi connectivity index (χ1n) is 5.61. The quantitative estimate of drug-likeness (QED) is 0.678. The van der Waals surface area contributed by atoms with E-state index in [0.717, 1.165) is 13.0 Å². The van der Waals surface area contributed by atoms with Gasteiger partial charge in [0, 0.05) is 25.0 Å². The van der Waals surface area contributed by atoms with Gasteiger partial charge in [0.25, 0.3) is 5.91 Å². The molecule has 1 atom stereocenters. The van der Waals surface area contributed by atoms with Crippen LogP contribution in [0.4, 0.5) is 5.95 Å². The largest absolute Gasteiger partial charge is 0.366 e. The van der Waals surface area contributed by atoms with Gasteiger partial charge < -0.3 is 11.1 Å². The highest BCUT2D eigenvalue weighted by molar-refractivity contribution is 5.90. The number of amides is 1. The number of nitrogens with zero attached hydrogens (tertiary/aromatic N) is 4. The van der Waals surface area contributed by atoms with E-state index in [2.05, 4.69) is 25.6 Å². The lowest BCUT2D eigenvalue weighted by molar-refractivity contribution is 0.0927.